The van der Waals surface area contributed by atoms with E-state index < -0.39 is 29.1 Å². The number of nitrogens with zero attached hydrogens (tertiary/aromatic N) is 1. The highest BCUT2D eigenvalue weighted by molar-refractivity contribution is 6.36. The summed E-state index contributed by atoms with van der Waals surface area (Å²) in [6.45, 7) is 4.01. The first kappa shape index (κ1) is 28.4. The molecule has 5 rings (SSSR count). The van der Waals surface area contributed by atoms with Crippen LogP contribution in [0.2, 0.25) is 10.0 Å². The molecule has 1 aliphatic heterocycles. The van der Waals surface area contributed by atoms with Crippen LogP contribution in [0.3, 0.4) is 0 Å². The van der Waals surface area contributed by atoms with Crippen LogP contribution in [-0.4, -0.2) is 43.3 Å². The number of hydrogen-bond acceptors (Lipinski definition) is 7. The van der Waals surface area contributed by atoms with Gasteiger partial charge in [-0.15, -0.1) is 0 Å². The van der Waals surface area contributed by atoms with Gasteiger partial charge >= 0.3 is 0 Å². The van der Waals surface area contributed by atoms with Crippen molar-refractivity contribution < 1.29 is 28.9 Å². The monoisotopic (exact) mass is 594 g/mol. The van der Waals surface area contributed by atoms with Crippen molar-refractivity contribution in [1.29, 1.82) is 0 Å². The summed E-state index contributed by atoms with van der Waals surface area (Å²) in [7, 11) is 4.49. The summed E-state index contributed by atoms with van der Waals surface area (Å²) in [6, 6.07) is 14.8. The molecular formula is C31H28Cl2N2O6. The summed E-state index contributed by atoms with van der Waals surface area (Å²) in [6.07, 6.45) is 3.76. The topological polar surface area (TPSA) is 97.3 Å². The molecule has 2 N–H and O–H groups in total. The van der Waals surface area contributed by atoms with Crippen molar-refractivity contribution in [2.24, 2.45) is 5.92 Å². The van der Waals surface area contributed by atoms with Crippen molar-refractivity contribution >= 4 is 40.7 Å². The molecule has 8 nitrogen and oxygen atoms in total. The molecule has 1 saturated heterocycles. The molecule has 3 aromatic carbocycles. The number of hydrazine groups is 1. The lowest BCUT2D eigenvalue weighted by Gasteiger charge is -2.43. The third-order valence-corrected chi connectivity index (χ3v) is 8.36. The Bertz CT molecular complexity index is 1570. The number of carbonyl (C=O) groups is 2. The number of rotatable bonds is 8. The molecule has 3 unspecified atom stereocenters. The van der Waals surface area contributed by atoms with Crippen LogP contribution in [0.15, 0.2) is 78.9 Å². The first-order valence-electron chi connectivity index (χ1n) is 12.7. The zero-order valence-corrected chi connectivity index (χ0v) is 24.1. The second-order valence-corrected chi connectivity index (χ2v) is 10.5. The number of carbonyl (C=O) groups excluding carboxylic acids is 2. The summed E-state index contributed by atoms with van der Waals surface area (Å²) >= 11 is 12.5. The Morgan fingerprint density at radius 2 is 1.71 bits per heavy atom. The molecule has 0 saturated carbocycles. The summed E-state index contributed by atoms with van der Waals surface area (Å²) in [5.74, 6) is -1.60. The van der Waals surface area contributed by atoms with Gasteiger partial charge in [0.25, 0.3) is 11.8 Å². The zero-order valence-electron chi connectivity index (χ0n) is 22.6. The molecule has 2 amide bonds. The highest BCUT2D eigenvalue weighted by Gasteiger charge is 2.66. The minimum absolute atomic E-state index is 0.153. The number of benzene rings is 3. The number of anilines is 1. The van der Waals surface area contributed by atoms with Crippen molar-refractivity contribution in [1.82, 2.24) is 5.01 Å². The normalized spacial score (nSPS) is 21.7. The largest absolute Gasteiger partial charge is 0.507 e. The second-order valence-electron chi connectivity index (χ2n) is 9.70. The maximum Gasteiger partial charge on any atom is 0.260 e. The third kappa shape index (κ3) is 4.47. The molecule has 0 spiro atoms. The highest BCUT2D eigenvalue weighted by Crippen LogP contribution is 2.60. The first-order chi connectivity index (χ1) is 19.7. The van der Waals surface area contributed by atoms with Gasteiger partial charge in [-0.3, -0.25) is 15.0 Å². The van der Waals surface area contributed by atoms with Crippen molar-refractivity contribution in [3.05, 3.63) is 100 Å². The van der Waals surface area contributed by atoms with Crippen molar-refractivity contribution in [3.63, 3.8) is 0 Å². The Morgan fingerprint density at radius 3 is 2.32 bits per heavy atom. The van der Waals surface area contributed by atoms with Gasteiger partial charge in [0.2, 0.25) is 0 Å². The van der Waals surface area contributed by atoms with Crippen LogP contribution in [0.4, 0.5) is 5.69 Å². The average Bonchev–Trinajstić information content (AvgIpc) is 3.19. The summed E-state index contributed by atoms with van der Waals surface area (Å²) in [4.78, 5) is 28.9. The Kier molecular flexibility index (Phi) is 7.64. The fourth-order valence-electron chi connectivity index (χ4n) is 5.96. The van der Waals surface area contributed by atoms with Crippen molar-refractivity contribution in [3.8, 4) is 23.0 Å². The van der Waals surface area contributed by atoms with Crippen LogP contribution < -0.4 is 19.6 Å². The molecular weight excluding hydrogens is 567 g/mol. The van der Waals surface area contributed by atoms with Crippen LogP contribution in [0.1, 0.15) is 23.5 Å². The van der Waals surface area contributed by atoms with Crippen molar-refractivity contribution in [2.75, 3.05) is 26.8 Å². The van der Waals surface area contributed by atoms with Gasteiger partial charge in [-0.25, -0.2) is 0 Å². The number of methoxy groups -OCH3 is 3. The number of allylic oxidation sites excluding steroid dienone is 3. The quantitative estimate of drug-likeness (QED) is 0.296. The predicted octanol–water partition coefficient (Wildman–Crippen LogP) is 6.27. The highest BCUT2D eigenvalue weighted by atomic mass is 35.5. The van der Waals surface area contributed by atoms with Gasteiger partial charge in [0.05, 0.1) is 43.4 Å². The van der Waals surface area contributed by atoms with Gasteiger partial charge < -0.3 is 19.3 Å². The Morgan fingerprint density at radius 1 is 1.00 bits per heavy atom. The Labute approximate surface area is 247 Å². The lowest BCUT2D eigenvalue weighted by molar-refractivity contribution is -0.138. The van der Waals surface area contributed by atoms with Crippen LogP contribution in [0.5, 0.6) is 23.0 Å². The molecule has 1 aliphatic carbocycles. The molecule has 41 heavy (non-hydrogen) atoms. The standard InChI is InChI=1S/C31H28Cl2N2O6/c1-5-17-6-12-22-29(37)35(34-24-13-9-19(32)14-23(24)33)30(38)31(22,18-7-10-20(39-2)11-8-18)28(17)27-25(36)15-21(40-3)16-26(27)41-4/h5-11,13-16,22,28,34,36H,1,12H2,2-4H3. The van der Waals surface area contributed by atoms with Gasteiger partial charge in [-0.2, -0.15) is 5.01 Å². The molecule has 3 aromatic rings. The number of halogens is 2. The van der Waals surface area contributed by atoms with Gasteiger partial charge in [-0.1, -0.05) is 54.1 Å². The molecule has 0 bridgehead atoms. The maximum atomic E-state index is 14.8. The zero-order chi connectivity index (χ0) is 29.5. The number of phenols is 1. The average molecular weight is 595 g/mol. The summed E-state index contributed by atoms with van der Waals surface area (Å²) < 4.78 is 16.4. The molecule has 1 fully saturated rings. The van der Waals surface area contributed by atoms with E-state index >= 15 is 0 Å². The third-order valence-electron chi connectivity index (χ3n) is 7.81. The van der Waals surface area contributed by atoms with E-state index in [1.165, 1.54) is 26.4 Å². The van der Waals surface area contributed by atoms with E-state index in [0.29, 0.717) is 44.7 Å². The first-order valence-corrected chi connectivity index (χ1v) is 13.5. The van der Waals surface area contributed by atoms with Crippen LogP contribution in [-0.2, 0) is 15.0 Å². The van der Waals surface area contributed by atoms with Crippen LogP contribution in [0, 0.1) is 5.92 Å². The number of imide groups is 1. The minimum Gasteiger partial charge on any atom is -0.507 e. The minimum atomic E-state index is -1.51. The molecule has 2 aliphatic rings. The van der Waals surface area contributed by atoms with E-state index in [0.717, 1.165) is 5.01 Å². The lowest BCUT2D eigenvalue weighted by atomic mass is 9.55. The van der Waals surface area contributed by atoms with Gasteiger partial charge in [0, 0.05) is 28.6 Å². The van der Waals surface area contributed by atoms with Gasteiger partial charge in [0.15, 0.2) is 0 Å². The van der Waals surface area contributed by atoms with Crippen molar-refractivity contribution in [2.45, 2.75) is 17.8 Å². The predicted molar refractivity (Wildman–Crippen MR) is 157 cm³/mol. The number of fused-ring (bicyclic) bond motifs is 1. The molecule has 1 heterocycles. The van der Waals surface area contributed by atoms with E-state index in [1.54, 1.807) is 55.7 Å². The number of ether oxygens (including phenoxy) is 3. The molecule has 0 radical (unpaired) electrons. The van der Waals surface area contributed by atoms with Crippen LogP contribution >= 0.6 is 23.2 Å². The van der Waals surface area contributed by atoms with E-state index in [-0.39, 0.29) is 17.2 Å². The SMILES string of the molecule is C=CC1=CCC2C(=O)N(Nc3ccc(Cl)cc3Cl)C(=O)C2(c2ccc(OC)cc2)C1c1c(O)cc(OC)cc1OC. The lowest BCUT2D eigenvalue weighted by Crippen LogP contribution is -2.48. The number of nitrogens with one attached hydrogen (secondary N) is 1. The van der Waals surface area contributed by atoms with Gasteiger partial charge in [-0.05, 0) is 47.9 Å². The summed E-state index contributed by atoms with van der Waals surface area (Å²) in [5.41, 5.74) is 3.30. The smallest absolute Gasteiger partial charge is 0.260 e. The molecule has 10 heteroatoms. The summed E-state index contributed by atoms with van der Waals surface area (Å²) in [5, 5.41) is 13.0. The fourth-order valence-corrected chi connectivity index (χ4v) is 6.41. The number of aromatic hydroxyl groups is 1. The van der Waals surface area contributed by atoms with E-state index in [9.17, 15) is 14.7 Å². The Hall–Kier alpha value is -4.14. The second kappa shape index (κ2) is 11.0. The van der Waals surface area contributed by atoms with Gasteiger partial charge in [0.1, 0.15) is 23.0 Å². The number of hydrogen-bond donors (Lipinski definition) is 2. The van der Waals surface area contributed by atoms with E-state index in [1.807, 2.05) is 6.08 Å². The van der Waals surface area contributed by atoms with E-state index in [4.69, 9.17) is 37.4 Å². The fraction of sp³-hybridized carbons (Fsp3) is 0.226. The maximum absolute atomic E-state index is 14.8. The Balaban J connectivity index is 1.79. The molecule has 0 aromatic heterocycles. The molecule has 3 atom stereocenters. The van der Waals surface area contributed by atoms with Crippen LogP contribution in [0.25, 0.3) is 0 Å². The van der Waals surface area contributed by atoms with E-state index in [2.05, 4.69) is 12.0 Å². The molecule has 212 valence electrons. The number of phenolic OH excluding ortho intramolecular Hbond substituents is 1. The number of amides is 2.